The topological polar surface area (TPSA) is 89.0 Å². The van der Waals surface area contributed by atoms with E-state index in [1.807, 2.05) is 0 Å². The van der Waals surface area contributed by atoms with Crippen LogP contribution >= 0.6 is 11.8 Å². The van der Waals surface area contributed by atoms with Crippen LogP contribution in [0.25, 0.3) is 0 Å². The Morgan fingerprint density at radius 2 is 2.31 bits per heavy atom. The number of hydrogen-bond donors (Lipinski definition) is 2. The number of nitrogens with one attached hydrogen (secondary N) is 2. The lowest BCUT2D eigenvalue weighted by Gasteiger charge is -2.14. The van der Waals surface area contributed by atoms with Crippen molar-refractivity contribution in [2.75, 3.05) is 11.9 Å². The van der Waals surface area contributed by atoms with Crippen molar-refractivity contribution in [3.8, 4) is 0 Å². The summed E-state index contributed by atoms with van der Waals surface area (Å²) in [7, 11) is 0. The monoisotopic (exact) mass is 384 g/mol. The van der Waals surface area contributed by atoms with E-state index >= 15 is 0 Å². The first kappa shape index (κ1) is 18.6. The van der Waals surface area contributed by atoms with Crippen LogP contribution in [0, 0.1) is 11.6 Å². The maximum atomic E-state index is 13.2. The zero-order valence-electron chi connectivity index (χ0n) is 14.0. The molecule has 0 saturated carbocycles. The number of aromatic nitrogens is 3. The van der Waals surface area contributed by atoms with Crippen LogP contribution in [0.1, 0.15) is 19.8 Å². The van der Waals surface area contributed by atoms with Crippen molar-refractivity contribution in [2.24, 2.45) is 0 Å². The lowest BCUT2D eigenvalue weighted by Crippen LogP contribution is -2.27. The summed E-state index contributed by atoms with van der Waals surface area (Å²) in [5.41, 5.74) is -0.212. The van der Waals surface area contributed by atoms with Crippen LogP contribution in [0.15, 0.2) is 28.2 Å². The van der Waals surface area contributed by atoms with Gasteiger partial charge in [-0.1, -0.05) is 11.8 Å². The van der Waals surface area contributed by atoms with E-state index < -0.39 is 22.8 Å². The van der Waals surface area contributed by atoms with Crippen LogP contribution in [0.2, 0.25) is 0 Å². The molecule has 1 fully saturated rings. The summed E-state index contributed by atoms with van der Waals surface area (Å²) in [4.78, 5) is 24.2. The fraction of sp³-hybridized carbons (Fsp3) is 0.438. The van der Waals surface area contributed by atoms with Gasteiger partial charge in [-0.15, -0.1) is 5.10 Å². The highest BCUT2D eigenvalue weighted by molar-refractivity contribution is 8.00. The molecule has 1 aromatic heterocycles. The molecule has 26 heavy (non-hydrogen) atoms. The molecule has 1 aliphatic heterocycles. The van der Waals surface area contributed by atoms with E-state index in [2.05, 4.69) is 15.5 Å². The van der Waals surface area contributed by atoms with Gasteiger partial charge in [-0.3, -0.25) is 9.36 Å². The fourth-order valence-electron chi connectivity index (χ4n) is 2.58. The summed E-state index contributed by atoms with van der Waals surface area (Å²) < 4.78 is 33.2. The molecule has 0 radical (unpaired) electrons. The largest absolute Gasteiger partial charge is 0.376 e. The SMILES string of the molecule is C[C@H](Sc1n[nH]c(=O)n1C[C@@H]1CCCO1)C(=O)Nc1ccc(F)c(F)c1. The normalized spacial score (nSPS) is 18.0. The van der Waals surface area contributed by atoms with Crippen LogP contribution < -0.4 is 11.0 Å². The highest BCUT2D eigenvalue weighted by atomic mass is 32.2. The summed E-state index contributed by atoms with van der Waals surface area (Å²) in [6.07, 6.45) is 1.77. The minimum Gasteiger partial charge on any atom is -0.376 e. The molecule has 2 heterocycles. The Kier molecular flexibility index (Phi) is 5.72. The number of benzene rings is 1. The Morgan fingerprint density at radius 3 is 3.00 bits per heavy atom. The van der Waals surface area contributed by atoms with Crippen LogP contribution in [0.5, 0.6) is 0 Å². The number of anilines is 1. The van der Waals surface area contributed by atoms with Gasteiger partial charge in [0.1, 0.15) is 0 Å². The summed E-state index contributed by atoms with van der Waals surface area (Å²) >= 11 is 1.09. The molecule has 2 atom stereocenters. The molecule has 0 bridgehead atoms. The van der Waals surface area contributed by atoms with Gasteiger partial charge in [-0.2, -0.15) is 0 Å². The molecule has 0 aliphatic carbocycles. The number of hydrogen-bond acceptors (Lipinski definition) is 5. The van der Waals surface area contributed by atoms with Crippen LogP contribution in [-0.2, 0) is 16.1 Å². The van der Waals surface area contributed by atoms with E-state index in [1.165, 1.54) is 10.6 Å². The summed E-state index contributed by atoms with van der Waals surface area (Å²) in [5.74, 6) is -2.44. The lowest BCUT2D eigenvalue weighted by atomic mass is 10.2. The van der Waals surface area contributed by atoms with Crippen LogP contribution in [0.3, 0.4) is 0 Å². The van der Waals surface area contributed by atoms with Crippen molar-refractivity contribution in [1.82, 2.24) is 14.8 Å². The third-order valence-electron chi connectivity index (χ3n) is 3.97. The Hall–Kier alpha value is -2.20. The summed E-state index contributed by atoms with van der Waals surface area (Å²) in [5, 5.41) is 8.61. The van der Waals surface area contributed by atoms with Crippen molar-refractivity contribution in [3.63, 3.8) is 0 Å². The predicted molar refractivity (Wildman–Crippen MR) is 92.1 cm³/mol. The van der Waals surface area contributed by atoms with E-state index in [0.717, 1.165) is 36.7 Å². The molecule has 3 rings (SSSR count). The molecule has 2 aromatic rings. The molecule has 1 saturated heterocycles. The molecule has 1 amide bonds. The smallest absolute Gasteiger partial charge is 0.344 e. The van der Waals surface area contributed by atoms with Crippen molar-refractivity contribution < 1.29 is 18.3 Å². The molecular formula is C16H18F2N4O3S. The van der Waals surface area contributed by atoms with E-state index in [1.54, 1.807) is 6.92 Å². The zero-order valence-corrected chi connectivity index (χ0v) is 14.8. The second-order valence-electron chi connectivity index (χ2n) is 5.94. The molecule has 0 unspecified atom stereocenters. The number of nitrogens with zero attached hydrogens (tertiary/aromatic N) is 2. The number of ether oxygens (including phenoxy) is 1. The quantitative estimate of drug-likeness (QED) is 0.745. The van der Waals surface area contributed by atoms with Gasteiger partial charge in [-0.05, 0) is 31.9 Å². The lowest BCUT2D eigenvalue weighted by molar-refractivity contribution is -0.115. The van der Waals surface area contributed by atoms with Gasteiger partial charge >= 0.3 is 5.69 Å². The van der Waals surface area contributed by atoms with Crippen LogP contribution in [-0.4, -0.2) is 38.6 Å². The Bertz CT molecular complexity index is 848. The molecule has 2 N–H and O–H groups in total. The van der Waals surface area contributed by atoms with Gasteiger partial charge < -0.3 is 10.1 Å². The predicted octanol–water partition coefficient (Wildman–Crippen LogP) is 2.15. The first-order chi connectivity index (χ1) is 12.4. The molecule has 1 aromatic carbocycles. The molecule has 1 aliphatic rings. The highest BCUT2D eigenvalue weighted by Crippen LogP contribution is 2.23. The number of amides is 1. The van der Waals surface area contributed by atoms with Crippen molar-refractivity contribution in [1.29, 1.82) is 0 Å². The van der Waals surface area contributed by atoms with E-state index in [4.69, 9.17) is 4.74 Å². The second kappa shape index (κ2) is 8.00. The summed E-state index contributed by atoms with van der Waals surface area (Å²) in [6.45, 7) is 2.68. The van der Waals surface area contributed by atoms with Gasteiger partial charge in [0.2, 0.25) is 5.91 Å². The van der Waals surface area contributed by atoms with Crippen LogP contribution in [0.4, 0.5) is 14.5 Å². The van der Waals surface area contributed by atoms with E-state index in [9.17, 15) is 18.4 Å². The standard InChI is InChI=1S/C16H18F2N4O3S/c1-9(14(23)19-10-4-5-12(17)13(18)7-10)26-16-21-20-15(24)22(16)8-11-3-2-6-25-11/h4-5,7,9,11H,2-3,6,8H2,1H3,(H,19,23)(H,20,24)/t9-,11-/m0/s1. The average Bonchev–Trinajstić information content (AvgIpc) is 3.23. The van der Waals surface area contributed by atoms with Crippen molar-refractivity contribution in [2.45, 2.75) is 42.8 Å². The molecular weight excluding hydrogens is 366 g/mol. The highest BCUT2D eigenvalue weighted by Gasteiger charge is 2.23. The molecule has 0 spiro atoms. The number of aromatic amines is 1. The van der Waals surface area contributed by atoms with E-state index in [-0.39, 0.29) is 17.5 Å². The number of carbonyl (C=O) groups excluding carboxylic acids is 1. The van der Waals surface area contributed by atoms with Gasteiger partial charge in [0.05, 0.1) is 17.9 Å². The fourth-order valence-corrected chi connectivity index (χ4v) is 3.44. The van der Waals surface area contributed by atoms with E-state index in [0.29, 0.717) is 18.3 Å². The Morgan fingerprint density at radius 1 is 1.50 bits per heavy atom. The Balaban J connectivity index is 1.65. The van der Waals surface area contributed by atoms with Gasteiger partial charge in [0.25, 0.3) is 0 Å². The first-order valence-electron chi connectivity index (χ1n) is 8.13. The molecule has 10 heteroatoms. The molecule has 140 valence electrons. The first-order valence-corrected chi connectivity index (χ1v) is 9.01. The second-order valence-corrected chi connectivity index (χ2v) is 7.24. The van der Waals surface area contributed by atoms with Crippen molar-refractivity contribution in [3.05, 3.63) is 40.3 Å². The maximum absolute atomic E-state index is 13.2. The third kappa shape index (κ3) is 4.31. The number of halogens is 2. The number of H-pyrrole nitrogens is 1. The van der Waals surface area contributed by atoms with Gasteiger partial charge in [0.15, 0.2) is 16.8 Å². The zero-order chi connectivity index (χ0) is 18.7. The average molecular weight is 384 g/mol. The number of carbonyl (C=O) groups is 1. The minimum absolute atomic E-state index is 0.0454. The third-order valence-corrected chi connectivity index (χ3v) is 5.06. The van der Waals surface area contributed by atoms with Crippen molar-refractivity contribution >= 4 is 23.4 Å². The van der Waals surface area contributed by atoms with Gasteiger partial charge in [0, 0.05) is 18.4 Å². The maximum Gasteiger partial charge on any atom is 0.344 e. The summed E-state index contributed by atoms with van der Waals surface area (Å²) in [6, 6.07) is 3.12. The number of rotatable bonds is 6. The van der Waals surface area contributed by atoms with Gasteiger partial charge in [-0.25, -0.2) is 18.7 Å². The number of thioether (sulfide) groups is 1. The minimum atomic E-state index is -1.04. The molecule has 7 nitrogen and oxygen atoms in total. The Labute approximate surface area is 152 Å².